The van der Waals surface area contributed by atoms with Gasteiger partial charge in [0.1, 0.15) is 0 Å². The van der Waals surface area contributed by atoms with E-state index < -0.39 is 20.3 Å². The zero-order valence-corrected chi connectivity index (χ0v) is 11.6. The van der Waals surface area contributed by atoms with Gasteiger partial charge in [0.15, 0.2) is 0 Å². The SMILES string of the molecule is O=[N+]([O-])[O-].O=[N+]([O-])[O-].O=[N+]([O-])[O-].O=[N+]([O-])[O-].[In+3].[NH4+]. The predicted molar refractivity (Wildman–Crippen MR) is 53.2 cm³/mol. The summed E-state index contributed by atoms with van der Waals surface area (Å²) in [6.07, 6.45) is 0. The second-order valence-electron chi connectivity index (χ2n) is 0.894. The van der Waals surface area contributed by atoms with E-state index in [9.17, 15) is 0 Å². The Morgan fingerprint density at radius 3 is 0.444 bits per heavy atom. The number of quaternary nitrogens is 1. The molecule has 0 aliphatic carbocycles. The molecule has 104 valence electrons. The average Bonchev–Trinajstić information content (AvgIpc) is 1.76. The van der Waals surface area contributed by atoms with Crippen LogP contribution in [-0.4, -0.2) is 46.2 Å². The Kier molecular flexibility index (Phi) is 58.7. The maximum atomic E-state index is 8.25. The van der Waals surface area contributed by atoms with Gasteiger partial charge in [-0.25, -0.2) is 0 Å². The molecule has 0 aliphatic rings. The van der Waals surface area contributed by atoms with Crippen LogP contribution in [-0.2, 0) is 0 Å². The van der Waals surface area contributed by atoms with E-state index in [2.05, 4.69) is 0 Å². The second kappa shape index (κ2) is 29.3. The van der Waals surface area contributed by atoms with Crippen molar-refractivity contribution in [3.63, 3.8) is 0 Å². The van der Waals surface area contributed by atoms with Crippen molar-refractivity contribution in [2.75, 3.05) is 0 Å². The molecule has 0 aromatic carbocycles. The fraction of sp³-hybridized carbons (Fsp3) is 0. The van der Waals surface area contributed by atoms with Crippen molar-refractivity contribution < 1.29 is 20.3 Å². The summed E-state index contributed by atoms with van der Waals surface area (Å²) in [5.41, 5.74) is 0. The van der Waals surface area contributed by atoms with E-state index in [0.717, 1.165) is 0 Å². The minimum absolute atomic E-state index is 0. The monoisotopic (exact) mass is 381 g/mol. The molecule has 0 bridgehead atoms. The van der Waals surface area contributed by atoms with Crippen LogP contribution in [0.1, 0.15) is 0 Å². The van der Waals surface area contributed by atoms with Crippen LogP contribution in [0.2, 0.25) is 0 Å². The number of hydrogen-bond donors (Lipinski definition) is 1. The van der Waals surface area contributed by atoms with Gasteiger partial charge in [0, 0.05) is 0 Å². The molecule has 0 amide bonds. The molecule has 0 spiro atoms. The Balaban J connectivity index is -0.0000000257. The molecule has 0 radical (unpaired) electrons. The van der Waals surface area contributed by atoms with Crippen molar-refractivity contribution in [3.05, 3.63) is 61.3 Å². The van der Waals surface area contributed by atoms with Crippen molar-refractivity contribution in [2.45, 2.75) is 0 Å². The molecule has 0 aromatic heterocycles. The van der Waals surface area contributed by atoms with Crippen LogP contribution in [0.3, 0.4) is 0 Å². The molecule has 0 fully saturated rings. The van der Waals surface area contributed by atoms with Gasteiger partial charge in [0.05, 0.1) is 20.3 Å². The van der Waals surface area contributed by atoms with Crippen LogP contribution in [0.4, 0.5) is 0 Å². The summed E-state index contributed by atoms with van der Waals surface area (Å²) in [5, 5.41) is 59.0. The fourth-order valence-electron chi connectivity index (χ4n) is 0. The van der Waals surface area contributed by atoms with Crippen LogP contribution in [0, 0.1) is 61.3 Å². The van der Waals surface area contributed by atoms with Gasteiger partial charge in [0.2, 0.25) is 0 Å². The molecule has 0 aliphatic heterocycles. The standard InChI is InChI=1S/In.4NO3.H3N/c;4*2-1(3)4;/h;;;;;1H3/q+3;4*-1;/p+1. The van der Waals surface area contributed by atoms with Crippen molar-refractivity contribution in [2.24, 2.45) is 0 Å². The van der Waals surface area contributed by atoms with Gasteiger partial charge >= 0.3 is 25.8 Å². The minimum atomic E-state index is -1.75. The number of rotatable bonds is 0. The zero-order chi connectivity index (χ0) is 14.3. The Morgan fingerprint density at radius 1 is 0.444 bits per heavy atom. The van der Waals surface area contributed by atoms with E-state index in [1.807, 2.05) is 0 Å². The minimum Gasteiger partial charge on any atom is -0.369 e. The van der Waals surface area contributed by atoms with Crippen molar-refractivity contribution >= 4 is 25.8 Å². The van der Waals surface area contributed by atoms with E-state index in [1.54, 1.807) is 0 Å². The van der Waals surface area contributed by atoms with Gasteiger partial charge < -0.3 is 67.4 Å². The first-order valence-electron chi connectivity index (χ1n) is 2.19. The first-order chi connectivity index (χ1) is 6.93. The molecular weight excluding hydrogens is 377 g/mol. The summed E-state index contributed by atoms with van der Waals surface area (Å²) in [6, 6.07) is 0. The second-order valence-corrected chi connectivity index (χ2v) is 0.894. The van der Waals surface area contributed by atoms with Crippen molar-refractivity contribution in [3.8, 4) is 0 Å². The molecule has 18 heteroatoms. The van der Waals surface area contributed by atoms with E-state index in [4.69, 9.17) is 61.3 Å². The van der Waals surface area contributed by atoms with E-state index in [0.29, 0.717) is 0 Å². The third kappa shape index (κ3) is 387. The van der Waals surface area contributed by atoms with Crippen LogP contribution < -0.4 is 6.15 Å². The third-order valence-corrected chi connectivity index (χ3v) is 0. The van der Waals surface area contributed by atoms with Crippen LogP contribution in [0.15, 0.2) is 0 Å². The Morgan fingerprint density at radius 2 is 0.444 bits per heavy atom. The van der Waals surface area contributed by atoms with E-state index >= 15 is 0 Å². The molecule has 0 saturated heterocycles. The Labute approximate surface area is 114 Å². The fourth-order valence-corrected chi connectivity index (χ4v) is 0. The molecule has 0 atom stereocenters. The maximum absolute atomic E-state index is 8.25. The van der Waals surface area contributed by atoms with Gasteiger partial charge in [-0.15, -0.1) is 0 Å². The van der Waals surface area contributed by atoms with Crippen LogP contribution >= 0.6 is 0 Å². The summed E-state index contributed by atoms with van der Waals surface area (Å²) in [4.78, 5) is 33.0. The quantitative estimate of drug-likeness (QED) is 0.391. The normalized spacial score (nSPS) is 5.33. The maximum Gasteiger partial charge on any atom is 3.00 e. The topological polar surface area (TPSA) is 301 Å². The van der Waals surface area contributed by atoms with Crippen LogP contribution in [0.25, 0.3) is 0 Å². The number of nitrogens with zero attached hydrogens (tertiary/aromatic N) is 4. The van der Waals surface area contributed by atoms with Crippen molar-refractivity contribution in [1.29, 1.82) is 0 Å². The van der Waals surface area contributed by atoms with Crippen LogP contribution in [0.5, 0.6) is 0 Å². The summed E-state index contributed by atoms with van der Waals surface area (Å²) in [5.74, 6) is 0. The Bertz CT molecular complexity index is 161. The molecule has 0 saturated carbocycles. The predicted octanol–water partition coefficient (Wildman–Crippen LogP) is -0.961. The summed E-state index contributed by atoms with van der Waals surface area (Å²) >= 11 is 0. The third-order valence-electron chi connectivity index (χ3n) is 0. The first-order valence-corrected chi connectivity index (χ1v) is 2.19. The largest absolute Gasteiger partial charge is 3.00 e. The molecule has 18 heavy (non-hydrogen) atoms. The molecule has 0 unspecified atom stereocenters. The molecular formula is H4InN5O12. The molecule has 0 rings (SSSR count). The molecule has 4 N–H and O–H groups in total. The van der Waals surface area contributed by atoms with Gasteiger partial charge in [-0.2, -0.15) is 0 Å². The number of hydrogen-bond acceptors (Lipinski definition) is 12. The van der Waals surface area contributed by atoms with Gasteiger partial charge in [-0.05, 0) is 0 Å². The first kappa shape index (κ1) is 36.1. The molecule has 17 nitrogen and oxygen atoms in total. The van der Waals surface area contributed by atoms with Gasteiger partial charge in [-0.1, -0.05) is 0 Å². The van der Waals surface area contributed by atoms with E-state index in [-0.39, 0.29) is 32.0 Å². The van der Waals surface area contributed by atoms with Gasteiger partial charge in [0.25, 0.3) is 0 Å². The van der Waals surface area contributed by atoms with Crippen molar-refractivity contribution in [1.82, 2.24) is 6.15 Å². The Hall–Kier alpha value is -2.37. The molecule has 0 aromatic rings. The summed E-state index contributed by atoms with van der Waals surface area (Å²) in [6.45, 7) is 0. The average molecular weight is 381 g/mol. The zero-order valence-electron chi connectivity index (χ0n) is 8.27. The summed E-state index contributed by atoms with van der Waals surface area (Å²) < 4.78 is 0. The summed E-state index contributed by atoms with van der Waals surface area (Å²) in [7, 11) is 0. The smallest absolute Gasteiger partial charge is 0.369 e. The van der Waals surface area contributed by atoms with E-state index in [1.165, 1.54) is 0 Å². The van der Waals surface area contributed by atoms with Gasteiger partial charge in [-0.3, -0.25) is 0 Å². The molecule has 0 heterocycles.